The van der Waals surface area contributed by atoms with E-state index in [1.807, 2.05) is 37.2 Å². The predicted octanol–water partition coefficient (Wildman–Crippen LogP) is 1.14. The number of carbonyl (C=O) groups is 2. The fourth-order valence-electron chi connectivity index (χ4n) is 1.67. The fourth-order valence-corrected chi connectivity index (χ4v) is 1.67. The summed E-state index contributed by atoms with van der Waals surface area (Å²) in [5, 5.41) is 0. The lowest BCUT2D eigenvalue weighted by molar-refractivity contribution is -0.118. The third-order valence-corrected chi connectivity index (χ3v) is 2.66. The lowest BCUT2D eigenvalue weighted by Crippen LogP contribution is -2.13. The fraction of sp³-hybridized carbons (Fsp3) is 0.429. The SMILES string of the molecule is CN(C)c1cc(CCC(N)=O)ccc1OCCC=O. The Morgan fingerprint density at radius 1 is 1.42 bits per heavy atom. The number of hydrogen-bond acceptors (Lipinski definition) is 4. The molecule has 1 amide bonds. The van der Waals surface area contributed by atoms with Crippen molar-refractivity contribution in [3.05, 3.63) is 23.8 Å². The zero-order chi connectivity index (χ0) is 14.3. The first-order chi connectivity index (χ1) is 9.04. The second-order valence-electron chi connectivity index (χ2n) is 4.47. The number of amides is 1. The molecule has 0 fully saturated rings. The molecule has 5 heteroatoms. The highest BCUT2D eigenvalue weighted by atomic mass is 16.5. The van der Waals surface area contributed by atoms with E-state index in [2.05, 4.69) is 0 Å². The summed E-state index contributed by atoms with van der Waals surface area (Å²) in [7, 11) is 3.83. The summed E-state index contributed by atoms with van der Waals surface area (Å²) in [6.45, 7) is 0.366. The Bertz CT molecular complexity index is 444. The highest BCUT2D eigenvalue weighted by molar-refractivity contribution is 5.74. The molecule has 0 aliphatic heterocycles. The van der Waals surface area contributed by atoms with Crippen LogP contribution in [-0.2, 0) is 16.0 Å². The molecule has 0 aromatic heterocycles. The van der Waals surface area contributed by atoms with Crippen LogP contribution in [0.4, 0.5) is 5.69 Å². The predicted molar refractivity (Wildman–Crippen MR) is 74.5 cm³/mol. The molecule has 0 aliphatic rings. The van der Waals surface area contributed by atoms with Gasteiger partial charge in [0.25, 0.3) is 0 Å². The standard InChI is InChI=1S/C14H20N2O3/c1-16(2)12-10-11(5-7-14(15)18)4-6-13(12)19-9-3-8-17/h4,6,8,10H,3,5,7,9H2,1-2H3,(H2,15,18). The maximum atomic E-state index is 10.8. The monoisotopic (exact) mass is 264 g/mol. The van der Waals surface area contributed by atoms with Gasteiger partial charge >= 0.3 is 0 Å². The smallest absolute Gasteiger partial charge is 0.217 e. The van der Waals surface area contributed by atoms with E-state index in [1.54, 1.807) is 0 Å². The van der Waals surface area contributed by atoms with Crippen LogP contribution in [0.25, 0.3) is 0 Å². The number of ether oxygens (including phenoxy) is 1. The Balaban J connectivity index is 2.81. The van der Waals surface area contributed by atoms with Crippen LogP contribution in [0.5, 0.6) is 5.75 Å². The molecule has 0 spiro atoms. The van der Waals surface area contributed by atoms with E-state index < -0.39 is 0 Å². The van der Waals surface area contributed by atoms with E-state index in [0.717, 1.165) is 23.3 Å². The van der Waals surface area contributed by atoms with Crippen molar-refractivity contribution in [2.75, 3.05) is 25.6 Å². The molecule has 0 radical (unpaired) electrons. The van der Waals surface area contributed by atoms with Gasteiger partial charge in [0.1, 0.15) is 12.0 Å². The normalized spacial score (nSPS) is 10.0. The summed E-state index contributed by atoms with van der Waals surface area (Å²) in [6.07, 6.45) is 2.15. The first kappa shape index (κ1) is 15.0. The van der Waals surface area contributed by atoms with E-state index in [1.165, 1.54) is 0 Å². The van der Waals surface area contributed by atoms with Crippen molar-refractivity contribution in [1.29, 1.82) is 0 Å². The van der Waals surface area contributed by atoms with E-state index in [0.29, 0.717) is 25.9 Å². The molecule has 1 rings (SSSR count). The molecule has 5 nitrogen and oxygen atoms in total. The lowest BCUT2D eigenvalue weighted by atomic mass is 10.1. The molecule has 0 unspecified atom stereocenters. The van der Waals surface area contributed by atoms with Gasteiger partial charge in [0.2, 0.25) is 5.91 Å². The summed E-state index contributed by atoms with van der Waals surface area (Å²) in [5.41, 5.74) is 7.10. The average molecular weight is 264 g/mol. The van der Waals surface area contributed by atoms with Crippen LogP contribution in [-0.4, -0.2) is 32.9 Å². The van der Waals surface area contributed by atoms with Crippen molar-refractivity contribution in [3.8, 4) is 5.75 Å². The topological polar surface area (TPSA) is 72.6 Å². The minimum absolute atomic E-state index is 0.308. The van der Waals surface area contributed by atoms with Gasteiger partial charge in [-0.1, -0.05) is 6.07 Å². The summed E-state index contributed by atoms with van der Waals surface area (Å²) >= 11 is 0. The summed E-state index contributed by atoms with van der Waals surface area (Å²) < 4.78 is 5.55. The molecule has 104 valence electrons. The molecular formula is C14H20N2O3. The molecule has 0 saturated heterocycles. The number of rotatable bonds is 8. The number of carbonyl (C=O) groups excluding carboxylic acids is 2. The quantitative estimate of drug-likeness (QED) is 0.564. The molecule has 1 aromatic rings. The van der Waals surface area contributed by atoms with Crippen LogP contribution in [0.15, 0.2) is 18.2 Å². The minimum atomic E-state index is -0.308. The van der Waals surface area contributed by atoms with Crippen LogP contribution in [0, 0.1) is 0 Å². The number of anilines is 1. The summed E-state index contributed by atoms with van der Waals surface area (Å²) in [5.74, 6) is 0.424. The van der Waals surface area contributed by atoms with Crippen LogP contribution < -0.4 is 15.4 Å². The summed E-state index contributed by atoms with van der Waals surface area (Å²) in [6, 6.07) is 5.74. The van der Waals surface area contributed by atoms with Crippen molar-refractivity contribution < 1.29 is 14.3 Å². The Morgan fingerprint density at radius 2 is 2.16 bits per heavy atom. The maximum Gasteiger partial charge on any atom is 0.217 e. The van der Waals surface area contributed by atoms with Crippen molar-refractivity contribution in [3.63, 3.8) is 0 Å². The number of primary amides is 1. The van der Waals surface area contributed by atoms with Crippen molar-refractivity contribution in [2.24, 2.45) is 5.73 Å². The largest absolute Gasteiger partial charge is 0.491 e. The number of benzene rings is 1. The Morgan fingerprint density at radius 3 is 2.74 bits per heavy atom. The lowest BCUT2D eigenvalue weighted by Gasteiger charge is -2.18. The Hall–Kier alpha value is -2.04. The minimum Gasteiger partial charge on any atom is -0.491 e. The zero-order valence-corrected chi connectivity index (χ0v) is 11.4. The average Bonchev–Trinajstić information content (AvgIpc) is 2.37. The highest BCUT2D eigenvalue weighted by Gasteiger charge is 2.08. The Kier molecular flexibility index (Phi) is 5.85. The summed E-state index contributed by atoms with van der Waals surface area (Å²) in [4.78, 5) is 23.0. The molecule has 0 bridgehead atoms. The van der Waals surface area contributed by atoms with Gasteiger partial charge in [0.15, 0.2) is 0 Å². The Labute approximate surface area is 113 Å². The van der Waals surface area contributed by atoms with E-state index >= 15 is 0 Å². The second-order valence-corrected chi connectivity index (χ2v) is 4.47. The van der Waals surface area contributed by atoms with Crippen molar-refractivity contribution in [1.82, 2.24) is 0 Å². The number of aldehydes is 1. The van der Waals surface area contributed by atoms with E-state index in [9.17, 15) is 9.59 Å². The molecular weight excluding hydrogens is 244 g/mol. The van der Waals surface area contributed by atoms with Gasteiger partial charge in [-0.05, 0) is 24.1 Å². The zero-order valence-electron chi connectivity index (χ0n) is 11.4. The van der Waals surface area contributed by atoms with Crippen LogP contribution >= 0.6 is 0 Å². The van der Waals surface area contributed by atoms with E-state index in [-0.39, 0.29) is 5.91 Å². The van der Waals surface area contributed by atoms with Crippen LogP contribution in [0.1, 0.15) is 18.4 Å². The highest BCUT2D eigenvalue weighted by Crippen LogP contribution is 2.28. The van der Waals surface area contributed by atoms with Gasteiger partial charge in [-0.25, -0.2) is 0 Å². The van der Waals surface area contributed by atoms with Gasteiger partial charge in [-0.3, -0.25) is 4.79 Å². The molecule has 0 saturated carbocycles. The third-order valence-electron chi connectivity index (χ3n) is 2.66. The molecule has 1 aromatic carbocycles. The number of nitrogens with two attached hydrogens (primary N) is 1. The first-order valence-corrected chi connectivity index (χ1v) is 6.19. The second kappa shape index (κ2) is 7.41. The molecule has 19 heavy (non-hydrogen) atoms. The third kappa shape index (κ3) is 4.99. The van der Waals surface area contributed by atoms with Gasteiger partial charge < -0.3 is 20.2 Å². The number of nitrogens with zero attached hydrogens (tertiary/aromatic N) is 1. The first-order valence-electron chi connectivity index (χ1n) is 6.19. The number of hydrogen-bond donors (Lipinski definition) is 1. The van der Waals surface area contributed by atoms with Gasteiger partial charge in [0.05, 0.1) is 12.3 Å². The van der Waals surface area contributed by atoms with Crippen molar-refractivity contribution in [2.45, 2.75) is 19.3 Å². The van der Waals surface area contributed by atoms with Crippen molar-refractivity contribution >= 4 is 17.9 Å². The molecule has 0 aliphatic carbocycles. The van der Waals surface area contributed by atoms with Crippen LogP contribution in [0.2, 0.25) is 0 Å². The van der Waals surface area contributed by atoms with Crippen LogP contribution in [0.3, 0.4) is 0 Å². The molecule has 0 heterocycles. The van der Waals surface area contributed by atoms with Gasteiger partial charge in [0, 0.05) is 26.9 Å². The maximum absolute atomic E-state index is 10.8. The van der Waals surface area contributed by atoms with E-state index in [4.69, 9.17) is 10.5 Å². The van der Waals surface area contributed by atoms with Gasteiger partial charge in [-0.15, -0.1) is 0 Å². The van der Waals surface area contributed by atoms with Gasteiger partial charge in [-0.2, -0.15) is 0 Å². The molecule has 2 N–H and O–H groups in total. The number of aryl methyl sites for hydroxylation is 1. The molecule has 0 atom stereocenters.